The van der Waals surface area contributed by atoms with E-state index in [9.17, 15) is 0 Å². The van der Waals surface area contributed by atoms with Crippen molar-refractivity contribution in [3.8, 4) is 0 Å². The molecule has 0 unspecified atom stereocenters. The molecule has 0 aromatic heterocycles. The predicted molar refractivity (Wildman–Crippen MR) is 69.6 cm³/mol. The first-order chi connectivity index (χ1) is 7.45. The summed E-state index contributed by atoms with van der Waals surface area (Å²) in [6.07, 6.45) is 3.67. The van der Waals surface area contributed by atoms with E-state index in [1.54, 1.807) is 0 Å². The van der Waals surface area contributed by atoms with E-state index in [0.29, 0.717) is 10.8 Å². The average Bonchev–Trinajstić information content (AvgIpc) is 2.97. The summed E-state index contributed by atoms with van der Waals surface area (Å²) in [5, 5.41) is 0. The van der Waals surface area contributed by atoms with Gasteiger partial charge in [0.1, 0.15) is 0 Å². The zero-order valence-electron chi connectivity index (χ0n) is 10.7. The van der Waals surface area contributed by atoms with E-state index in [-0.39, 0.29) is 0 Å². The minimum atomic E-state index is 0.334. The van der Waals surface area contributed by atoms with Crippen LogP contribution in [0.5, 0.6) is 0 Å². The van der Waals surface area contributed by atoms with Gasteiger partial charge in [0.25, 0.3) is 0 Å². The second-order valence-corrected chi connectivity index (χ2v) is 6.42. The third-order valence-corrected chi connectivity index (χ3v) is 3.55. The Bertz CT molecular complexity index is 352. The molecule has 0 bridgehead atoms. The molecule has 0 saturated heterocycles. The first-order valence-electron chi connectivity index (χ1n) is 6.25. The van der Waals surface area contributed by atoms with Gasteiger partial charge >= 0.3 is 0 Å². The molecule has 88 valence electrons. The van der Waals surface area contributed by atoms with E-state index in [1.807, 2.05) is 0 Å². The molecule has 0 amide bonds. The highest BCUT2D eigenvalue weighted by Gasteiger charge is 2.42. The summed E-state index contributed by atoms with van der Waals surface area (Å²) in [4.78, 5) is 0. The third kappa shape index (κ3) is 2.46. The number of rotatable bonds is 3. The van der Waals surface area contributed by atoms with E-state index in [0.717, 1.165) is 13.0 Å². The fraction of sp³-hybridized carbons (Fsp3) is 0.600. The van der Waals surface area contributed by atoms with Crippen molar-refractivity contribution in [3.63, 3.8) is 0 Å². The van der Waals surface area contributed by atoms with Crippen LogP contribution in [0.4, 0.5) is 0 Å². The third-order valence-electron chi connectivity index (χ3n) is 3.55. The fourth-order valence-electron chi connectivity index (χ4n) is 2.35. The molecule has 1 heteroatoms. The molecular formula is C15H23N. The largest absolute Gasteiger partial charge is 0.330 e. The predicted octanol–water partition coefficient (Wildman–Crippen LogP) is 3.27. The van der Waals surface area contributed by atoms with Gasteiger partial charge in [-0.2, -0.15) is 0 Å². The zero-order valence-corrected chi connectivity index (χ0v) is 10.7. The minimum Gasteiger partial charge on any atom is -0.330 e. The lowest BCUT2D eigenvalue weighted by Gasteiger charge is -2.19. The molecule has 1 saturated carbocycles. The summed E-state index contributed by atoms with van der Waals surface area (Å²) in [5.41, 5.74) is 9.41. The van der Waals surface area contributed by atoms with Crippen LogP contribution in [0.3, 0.4) is 0 Å². The summed E-state index contributed by atoms with van der Waals surface area (Å²) in [5.74, 6) is 0. The molecule has 16 heavy (non-hydrogen) atoms. The van der Waals surface area contributed by atoms with Gasteiger partial charge in [-0.25, -0.2) is 0 Å². The SMILES string of the molecule is CC(C)(C)Cc1ccc(C2(CN)CC2)cc1. The van der Waals surface area contributed by atoms with Crippen molar-refractivity contribution in [1.82, 2.24) is 0 Å². The van der Waals surface area contributed by atoms with Crippen LogP contribution in [0, 0.1) is 5.41 Å². The maximum atomic E-state index is 5.84. The van der Waals surface area contributed by atoms with Crippen LogP contribution >= 0.6 is 0 Å². The van der Waals surface area contributed by atoms with E-state index >= 15 is 0 Å². The second-order valence-electron chi connectivity index (χ2n) is 6.42. The van der Waals surface area contributed by atoms with Crippen LogP contribution in [-0.2, 0) is 11.8 Å². The summed E-state index contributed by atoms with van der Waals surface area (Å²) in [6, 6.07) is 9.11. The maximum Gasteiger partial charge on any atom is 0.00762 e. The Labute approximate surface area is 99.0 Å². The van der Waals surface area contributed by atoms with E-state index in [4.69, 9.17) is 5.73 Å². The number of hydrogen-bond acceptors (Lipinski definition) is 1. The van der Waals surface area contributed by atoms with Gasteiger partial charge in [-0.1, -0.05) is 45.0 Å². The van der Waals surface area contributed by atoms with Crippen molar-refractivity contribution in [2.24, 2.45) is 11.1 Å². The standard InChI is InChI=1S/C15H23N/c1-14(2,3)10-12-4-6-13(7-5-12)15(11-16)8-9-15/h4-7H,8-11,16H2,1-3H3. The van der Waals surface area contributed by atoms with Gasteiger partial charge in [0, 0.05) is 12.0 Å². The topological polar surface area (TPSA) is 26.0 Å². The number of benzene rings is 1. The Kier molecular flexibility index (Phi) is 2.83. The van der Waals surface area contributed by atoms with Crippen LogP contribution in [0.2, 0.25) is 0 Å². The molecule has 2 N–H and O–H groups in total. The van der Waals surface area contributed by atoms with Crippen LogP contribution in [0.15, 0.2) is 24.3 Å². The molecule has 0 radical (unpaired) electrons. The smallest absolute Gasteiger partial charge is 0.00762 e. The Balaban J connectivity index is 2.11. The van der Waals surface area contributed by atoms with Crippen LogP contribution in [-0.4, -0.2) is 6.54 Å². The van der Waals surface area contributed by atoms with Gasteiger partial charge in [0.15, 0.2) is 0 Å². The molecular weight excluding hydrogens is 194 g/mol. The molecule has 1 aromatic carbocycles. The van der Waals surface area contributed by atoms with Crippen LogP contribution in [0.1, 0.15) is 44.7 Å². The quantitative estimate of drug-likeness (QED) is 0.826. The molecule has 0 heterocycles. The fourth-order valence-corrected chi connectivity index (χ4v) is 2.35. The molecule has 0 aliphatic heterocycles. The first kappa shape index (κ1) is 11.7. The molecule has 1 aliphatic rings. The minimum absolute atomic E-state index is 0.334. The monoisotopic (exact) mass is 217 g/mol. The van der Waals surface area contributed by atoms with Gasteiger partial charge in [-0.3, -0.25) is 0 Å². The maximum absolute atomic E-state index is 5.84. The average molecular weight is 217 g/mol. The van der Waals surface area contributed by atoms with Crippen molar-refractivity contribution < 1.29 is 0 Å². The van der Waals surface area contributed by atoms with Crippen LogP contribution < -0.4 is 5.73 Å². The van der Waals surface area contributed by atoms with Crippen molar-refractivity contribution in [1.29, 1.82) is 0 Å². The highest BCUT2D eigenvalue weighted by Crippen LogP contribution is 2.47. The number of nitrogens with two attached hydrogens (primary N) is 1. The molecule has 1 aliphatic carbocycles. The molecule has 0 spiro atoms. The summed E-state index contributed by atoms with van der Waals surface area (Å²) >= 11 is 0. The molecule has 1 aromatic rings. The summed E-state index contributed by atoms with van der Waals surface area (Å²) < 4.78 is 0. The summed E-state index contributed by atoms with van der Waals surface area (Å²) in [6.45, 7) is 7.64. The van der Waals surface area contributed by atoms with E-state index in [2.05, 4.69) is 45.0 Å². The van der Waals surface area contributed by atoms with Gasteiger partial charge in [0.2, 0.25) is 0 Å². The second kappa shape index (κ2) is 3.89. The van der Waals surface area contributed by atoms with Gasteiger partial charge < -0.3 is 5.73 Å². The van der Waals surface area contributed by atoms with Crippen molar-refractivity contribution in [2.75, 3.05) is 6.54 Å². The highest BCUT2D eigenvalue weighted by atomic mass is 14.7. The lowest BCUT2D eigenvalue weighted by atomic mass is 9.87. The van der Waals surface area contributed by atoms with E-state index < -0.39 is 0 Å². The zero-order chi connectivity index (χ0) is 11.8. The van der Waals surface area contributed by atoms with Gasteiger partial charge in [0.05, 0.1) is 0 Å². The number of hydrogen-bond donors (Lipinski definition) is 1. The highest BCUT2D eigenvalue weighted by molar-refractivity contribution is 5.34. The van der Waals surface area contributed by atoms with Crippen LogP contribution in [0.25, 0.3) is 0 Å². The Morgan fingerprint density at radius 2 is 1.69 bits per heavy atom. The van der Waals surface area contributed by atoms with Crippen molar-refractivity contribution in [3.05, 3.63) is 35.4 Å². The van der Waals surface area contributed by atoms with Gasteiger partial charge in [-0.15, -0.1) is 0 Å². The Morgan fingerprint density at radius 3 is 2.06 bits per heavy atom. The lowest BCUT2D eigenvalue weighted by molar-refractivity contribution is 0.411. The lowest BCUT2D eigenvalue weighted by Crippen LogP contribution is -2.19. The molecule has 1 nitrogen and oxygen atoms in total. The Hall–Kier alpha value is -0.820. The molecule has 1 fully saturated rings. The van der Waals surface area contributed by atoms with Crippen molar-refractivity contribution >= 4 is 0 Å². The Morgan fingerprint density at radius 1 is 1.12 bits per heavy atom. The van der Waals surface area contributed by atoms with E-state index in [1.165, 1.54) is 24.0 Å². The van der Waals surface area contributed by atoms with Crippen molar-refractivity contribution in [2.45, 2.75) is 45.4 Å². The molecule has 0 atom stereocenters. The van der Waals surface area contributed by atoms with Gasteiger partial charge in [-0.05, 0) is 35.8 Å². The normalized spacial score (nSPS) is 18.5. The summed E-state index contributed by atoms with van der Waals surface area (Å²) in [7, 11) is 0. The first-order valence-corrected chi connectivity index (χ1v) is 6.25. The molecule has 2 rings (SSSR count).